The van der Waals surface area contributed by atoms with Crippen LogP contribution in [0.4, 0.5) is 5.69 Å². The number of allylic oxidation sites excluding steroid dienone is 1. The van der Waals surface area contributed by atoms with Gasteiger partial charge in [0.05, 0.1) is 5.71 Å². The number of nitrogens with zero attached hydrogens (tertiary/aromatic N) is 1. The van der Waals surface area contributed by atoms with Crippen LogP contribution in [0.15, 0.2) is 65.8 Å². The lowest BCUT2D eigenvalue weighted by molar-refractivity contribution is -0.114. The highest BCUT2D eigenvalue weighted by Gasteiger charge is 2.04. The van der Waals surface area contributed by atoms with E-state index in [1.54, 1.807) is 31.2 Å². The van der Waals surface area contributed by atoms with Crippen molar-refractivity contribution in [3.63, 3.8) is 0 Å². The van der Waals surface area contributed by atoms with E-state index in [4.69, 9.17) is 0 Å². The highest BCUT2D eigenvalue weighted by molar-refractivity contribution is 5.99. The van der Waals surface area contributed by atoms with Gasteiger partial charge in [0, 0.05) is 18.2 Å². The minimum Gasteiger partial charge on any atom is -0.326 e. The number of hydrazone groups is 1. The summed E-state index contributed by atoms with van der Waals surface area (Å²) in [6, 6.07) is 16.4. The van der Waals surface area contributed by atoms with Crippen molar-refractivity contribution in [2.45, 2.75) is 13.8 Å². The summed E-state index contributed by atoms with van der Waals surface area (Å²) in [7, 11) is 0. The summed E-state index contributed by atoms with van der Waals surface area (Å²) >= 11 is 0. The van der Waals surface area contributed by atoms with Crippen LogP contribution in [0.3, 0.4) is 0 Å². The number of carbonyl (C=O) groups is 2. The Morgan fingerprint density at radius 2 is 1.62 bits per heavy atom. The molecule has 0 saturated heterocycles. The van der Waals surface area contributed by atoms with E-state index in [0.717, 1.165) is 5.56 Å². The zero-order chi connectivity index (χ0) is 17.4. The monoisotopic (exact) mass is 321 g/mol. The van der Waals surface area contributed by atoms with Crippen molar-refractivity contribution in [3.8, 4) is 0 Å². The quantitative estimate of drug-likeness (QED) is 0.654. The van der Waals surface area contributed by atoms with Gasteiger partial charge in [0.25, 0.3) is 5.91 Å². The molecule has 0 aliphatic rings. The Morgan fingerprint density at radius 1 is 0.958 bits per heavy atom. The van der Waals surface area contributed by atoms with Crippen LogP contribution in [0.1, 0.15) is 29.8 Å². The summed E-state index contributed by atoms with van der Waals surface area (Å²) in [6.07, 6.45) is 3.75. The van der Waals surface area contributed by atoms with Crippen molar-refractivity contribution in [3.05, 3.63) is 71.8 Å². The van der Waals surface area contributed by atoms with Crippen LogP contribution >= 0.6 is 0 Å². The summed E-state index contributed by atoms with van der Waals surface area (Å²) in [4.78, 5) is 23.0. The Balaban J connectivity index is 1.94. The highest BCUT2D eigenvalue weighted by Crippen LogP contribution is 2.09. The molecule has 2 amide bonds. The fourth-order valence-electron chi connectivity index (χ4n) is 1.93. The first-order valence-electron chi connectivity index (χ1n) is 7.50. The molecule has 0 aromatic heterocycles. The largest absolute Gasteiger partial charge is 0.326 e. The number of benzene rings is 2. The second-order valence-electron chi connectivity index (χ2n) is 5.20. The summed E-state index contributed by atoms with van der Waals surface area (Å²) < 4.78 is 0. The number of nitrogens with one attached hydrogen (secondary N) is 2. The molecule has 5 heteroatoms. The Bertz CT molecular complexity index is 763. The van der Waals surface area contributed by atoms with E-state index in [9.17, 15) is 9.59 Å². The van der Waals surface area contributed by atoms with Gasteiger partial charge in [-0.05, 0) is 42.8 Å². The number of hydrogen-bond donors (Lipinski definition) is 2. The summed E-state index contributed by atoms with van der Waals surface area (Å²) in [5.74, 6) is -0.463. The lowest BCUT2D eigenvalue weighted by Gasteiger charge is -2.04. The van der Waals surface area contributed by atoms with Gasteiger partial charge in [0.2, 0.25) is 5.91 Å². The molecule has 0 bridgehead atoms. The molecule has 122 valence electrons. The molecule has 0 aliphatic carbocycles. The Hall–Kier alpha value is -3.21. The normalized spacial score (nSPS) is 11.3. The lowest BCUT2D eigenvalue weighted by atomic mass is 10.2. The van der Waals surface area contributed by atoms with Crippen LogP contribution in [0.2, 0.25) is 0 Å². The van der Waals surface area contributed by atoms with Crippen LogP contribution in [-0.2, 0) is 4.79 Å². The third-order valence-electron chi connectivity index (χ3n) is 3.12. The van der Waals surface area contributed by atoms with Crippen LogP contribution < -0.4 is 10.7 Å². The van der Waals surface area contributed by atoms with Gasteiger partial charge in [0.15, 0.2) is 0 Å². The molecular weight excluding hydrogens is 302 g/mol. The van der Waals surface area contributed by atoms with Crippen molar-refractivity contribution >= 4 is 29.3 Å². The van der Waals surface area contributed by atoms with Gasteiger partial charge in [-0.15, -0.1) is 0 Å². The van der Waals surface area contributed by atoms with E-state index in [1.807, 2.05) is 42.5 Å². The fraction of sp³-hybridized carbons (Fsp3) is 0.105. The van der Waals surface area contributed by atoms with E-state index in [1.165, 1.54) is 6.92 Å². The Kier molecular flexibility index (Phi) is 6.02. The SMILES string of the molecule is CC(=O)Nc1ccc(C(=O)NN=C(C)/C=C/c2ccccc2)cc1. The molecule has 0 unspecified atom stereocenters. The molecule has 0 heterocycles. The summed E-state index contributed by atoms with van der Waals surface area (Å²) in [5, 5.41) is 6.69. The smallest absolute Gasteiger partial charge is 0.271 e. The number of amides is 2. The van der Waals surface area contributed by atoms with Crippen molar-refractivity contribution in [2.75, 3.05) is 5.32 Å². The van der Waals surface area contributed by atoms with Crippen molar-refractivity contribution in [1.82, 2.24) is 5.43 Å². The van der Waals surface area contributed by atoms with Gasteiger partial charge >= 0.3 is 0 Å². The van der Waals surface area contributed by atoms with Gasteiger partial charge in [-0.2, -0.15) is 5.10 Å². The van der Waals surface area contributed by atoms with Gasteiger partial charge in [-0.1, -0.05) is 36.4 Å². The fourth-order valence-corrected chi connectivity index (χ4v) is 1.93. The molecule has 0 spiro atoms. The third-order valence-corrected chi connectivity index (χ3v) is 3.12. The van der Waals surface area contributed by atoms with Crippen molar-refractivity contribution in [2.24, 2.45) is 5.10 Å². The van der Waals surface area contributed by atoms with E-state index < -0.39 is 0 Å². The van der Waals surface area contributed by atoms with E-state index in [-0.39, 0.29) is 11.8 Å². The van der Waals surface area contributed by atoms with Gasteiger partial charge in [-0.25, -0.2) is 5.43 Å². The zero-order valence-electron chi connectivity index (χ0n) is 13.6. The Labute approximate surface area is 141 Å². The van der Waals surface area contributed by atoms with Crippen LogP contribution in [0.25, 0.3) is 6.08 Å². The van der Waals surface area contributed by atoms with Gasteiger partial charge < -0.3 is 5.32 Å². The maximum atomic E-state index is 12.0. The average Bonchev–Trinajstić information content (AvgIpc) is 2.59. The molecule has 2 rings (SSSR count). The first kappa shape index (κ1) is 17.1. The average molecular weight is 321 g/mol. The molecular formula is C19H19N3O2. The van der Waals surface area contributed by atoms with Crippen LogP contribution in [0.5, 0.6) is 0 Å². The zero-order valence-corrected chi connectivity index (χ0v) is 13.6. The first-order valence-corrected chi connectivity index (χ1v) is 7.50. The van der Waals surface area contributed by atoms with Crippen LogP contribution in [-0.4, -0.2) is 17.5 Å². The molecule has 0 radical (unpaired) electrons. The Morgan fingerprint density at radius 3 is 2.25 bits per heavy atom. The number of hydrogen-bond acceptors (Lipinski definition) is 3. The van der Waals surface area contributed by atoms with Crippen molar-refractivity contribution in [1.29, 1.82) is 0 Å². The van der Waals surface area contributed by atoms with Gasteiger partial charge in [-0.3, -0.25) is 9.59 Å². The standard InChI is InChI=1S/C19H19N3O2/c1-14(8-9-16-6-4-3-5-7-16)21-22-19(24)17-10-12-18(13-11-17)20-15(2)23/h3-13H,1-2H3,(H,20,23)(H,22,24)/b9-8+,21-14?. The predicted octanol–water partition coefficient (Wildman–Crippen LogP) is 3.46. The molecule has 5 nitrogen and oxygen atoms in total. The molecule has 0 aliphatic heterocycles. The predicted molar refractivity (Wildman–Crippen MR) is 96.8 cm³/mol. The number of anilines is 1. The van der Waals surface area contributed by atoms with E-state index >= 15 is 0 Å². The van der Waals surface area contributed by atoms with Gasteiger partial charge in [0.1, 0.15) is 0 Å². The first-order chi connectivity index (χ1) is 11.5. The highest BCUT2D eigenvalue weighted by atomic mass is 16.2. The summed E-state index contributed by atoms with van der Waals surface area (Å²) in [5.41, 5.74) is 5.36. The minimum absolute atomic E-state index is 0.155. The third kappa shape index (κ3) is 5.53. The molecule has 0 fully saturated rings. The van der Waals surface area contributed by atoms with E-state index in [2.05, 4.69) is 15.8 Å². The molecule has 2 N–H and O–H groups in total. The summed E-state index contributed by atoms with van der Waals surface area (Å²) in [6.45, 7) is 3.24. The molecule has 0 atom stereocenters. The second-order valence-corrected chi connectivity index (χ2v) is 5.20. The maximum Gasteiger partial charge on any atom is 0.271 e. The minimum atomic E-state index is -0.308. The number of rotatable bonds is 5. The van der Waals surface area contributed by atoms with E-state index in [0.29, 0.717) is 17.0 Å². The molecule has 2 aromatic carbocycles. The molecule has 24 heavy (non-hydrogen) atoms. The topological polar surface area (TPSA) is 70.6 Å². The van der Waals surface area contributed by atoms with Crippen molar-refractivity contribution < 1.29 is 9.59 Å². The molecule has 2 aromatic rings. The molecule has 0 saturated carbocycles. The number of carbonyl (C=O) groups excluding carboxylic acids is 2. The maximum absolute atomic E-state index is 12.0. The second kappa shape index (κ2) is 8.43. The lowest BCUT2D eigenvalue weighted by Crippen LogP contribution is -2.18. The van der Waals surface area contributed by atoms with Crippen LogP contribution in [0, 0.1) is 0 Å².